The summed E-state index contributed by atoms with van der Waals surface area (Å²) < 4.78 is 34.8. The minimum atomic E-state index is -3.90. The molecule has 1 amide bonds. The van der Waals surface area contributed by atoms with Gasteiger partial charge in [0.05, 0.1) is 29.1 Å². The Bertz CT molecular complexity index is 1110. The van der Waals surface area contributed by atoms with Gasteiger partial charge in [-0.05, 0) is 37.1 Å². The Morgan fingerprint density at radius 2 is 2.00 bits per heavy atom. The molecular weight excluding hydrogens is 414 g/mol. The number of anilines is 2. The molecule has 0 aromatic heterocycles. The maximum absolute atomic E-state index is 12.8. The molecule has 1 saturated heterocycles. The third kappa shape index (κ3) is 3.70. The van der Waals surface area contributed by atoms with Crippen LogP contribution in [-0.4, -0.2) is 33.8 Å². The number of hydrogen-bond acceptors (Lipinski definition) is 5. The molecule has 1 N–H and O–H groups in total. The molecule has 1 fully saturated rings. The predicted octanol–water partition coefficient (Wildman–Crippen LogP) is 4.08. The minimum Gasteiger partial charge on any atom is -0.495 e. The van der Waals surface area contributed by atoms with Crippen LogP contribution >= 0.6 is 11.6 Å². The van der Waals surface area contributed by atoms with Gasteiger partial charge in [-0.15, -0.1) is 4.40 Å². The highest BCUT2D eigenvalue weighted by Crippen LogP contribution is 2.38. The van der Waals surface area contributed by atoms with Crippen LogP contribution in [0, 0.1) is 0 Å². The van der Waals surface area contributed by atoms with Gasteiger partial charge in [-0.2, -0.15) is 8.42 Å². The van der Waals surface area contributed by atoms with Crippen LogP contribution in [0.5, 0.6) is 5.75 Å². The maximum Gasteiger partial charge on any atom is 0.286 e. The molecule has 152 valence electrons. The number of rotatable bonds is 3. The van der Waals surface area contributed by atoms with E-state index in [2.05, 4.69) is 9.71 Å². The van der Waals surface area contributed by atoms with Crippen molar-refractivity contribution in [2.45, 2.75) is 30.6 Å². The quantitative estimate of drug-likeness (QED) is 0.787. The summed E-state index contributed by atoms with van der Waals surface area (Å²) in [4.78, 5) is 14.7. The van der Waals surface area contributed by atoms with Gasteiger partial charge in [0.25, 0.3) is 15.9 Å². The number of halogens is 1. The van der Waals surface area contributed by atoms with Gasteiger partial charge in [0, 0.05) is 13.0 Å². The number of carbonyl (C=O) groups excluding carboxylic acids is 1. The van der Waals surface area contributed by atoms with E-state index in [-0.39, 0.29) is 15.5 Å². The maximum atomic E-state index is 12.8. The van der Waals surface area contributed by atoms with Gasteiger partial charge in [-0.1, -0.05) is 30.2 Å². The SMILES string of the molecule is COc1ccccc1NC(=O)c1cc2c(cc1Cl)N1CCCCCC1=NS2(=O)=O. The number of amides is 1. The van der Waals surface area contributed by atoms with Gasteiger partial charge >= 0.3 is 0 Å². The van der Waals surface area contributed by atoms with E-state index in [1.807, 2.05) is 4.90 Å². The minimum absolute atomic E-state index is 0.00210. The summed E-state index contributed by atoms with van der Waals surface area (Å²) in [6, 6.07) is 9.79. The Morgan fingerprint density at radius 1 is 1.21 bits per heavy atom. The van der Waals surface area contributed by atoms with Crippen LogP contribution in [0.15, 0.2) is 45.7 Å². The fourth-order valence-corrected chi connectivity index (χ4v) is 5.12. The van der Waals surface area contributed by atoms with Gasteiger partial charge in [-0.25, -0.2) is 0 Å². The highest BCUT2D eigenvalue weighted by atomic mass is 35.5. The molecule has 0 saturated carbocycles. The van der Waals surface area contributed by atoms with Gasteiger partial charge < -0.3 is 15.0 Å². The van der Waals surface area contributed by atoms with Crippen molar-refractivity contribution in [1.29, 1.82) is 0 Å². The molecule has 0 radical (unpaired) electrons. The van der Waals surface area contributed by atoms with Gasteiger partial charge in [0.1, 0.15) is 16.5 Å². The largest absolute Gasteiger partial charge is 0.495 e. The zero-order valence-corrected chi connectivity index (χ0v) is 17.4. The molecule has 2 aliphatic heterocycles. The number of carbonyl (C=O) groups is 1. The van der Waals surface area contributed by atoms with E-state index in [9.17, 15) is 13.2 Å². The van der Waals surface area contributed by atoms with Crippen LogP contribution in [0.4, 0.5) is 11.4 Å². The van der Waals surface area contributed by atoms with Crippen molar-refractivity contribution in [3.8, 4) is 5.75 Å². The molecule has 0 aliphatic carbocycles. The van der Waals surface area contributed by atoms with Gasteiger partial charge in [-0.3, -0.25) is 4.79 Å². The number of hydrogen-bond donors (Lipinski definition) is 1. The van der Waals surface area contributed by atoms with E-state index in [0.717, 1.165) is 19.3 Å². The first-order valence-corrected chi connectivity index (χ1v) is 11.1. The van der Waals surface area contributed by atoms with Gasteiger partial charge in [0.15, 0.2) is 0 Å². The van der Waals surface area contributed by atoms with Crippen LogP contribution in [0.2, 0.25) is 5.02 Å². The first-order chi connectivity index (χ1) is 13.9. The van der Waals surface area contributed by atoms with Crippen LogP contribution in [-0.2, 0) is 10.0 Å². The highest BCUT2D eigenvalue weighted by Gasteiger charge is 2.33. The molecule has 2 aliphatic rings. The number of ether oxygens (including phenoxy) is 1. The van der Waals surface area contributed by atoms with E-state index in [4.69, 9.17) is 16.3 Å². The lowest BCUT2D eigenvalue weighted by atomic mass is 10.1. The Balaban J connectivity index is 1.75. The summed E-state index contributed by atoms with van der Waals surface area (Å²) in [5, 5.41) is 2.90. The molecule has 29 heavy (non-hydrogen) atoms. The van der Waals surface area contributed by atoms with Crippen LogP contribution < -0.4 is 15.0 Å². The summed E-state index contributed by atoms with van der Waals surface area (Å²) in [6.07, 6.45) is 3.45. The molecule has 9 heteroatoms. The third-order valence-corrected chi connectivity index (χ3v) is 6.68. The molecule has 0 bridgehead atoms. The summed E-state index contributed by atoms with van der Waals surface area (Å²) >= 11 is 6.41. The highest BCUT2D eigenvalue weighted by molar-refractivity contribution is 7.90. The van der Waals surface area contributed by atoms with E-state index in [0.29, 0.717) is 35.9 Å². The number of fused-ring (bicyclic) bond motifs is 3. The molecule has 4 rings (SSSR count). The summed E-state index contributed by atoms with van der Waals surface area (Å²) in [5.41, 5.74) is 1.01. The number of sulfonamides is 1. The van der Waals surface area contributed by atoms with E-state index < -0.39 is 15.9 Å². The van der Waals surface area contributed by atoms with Gasteiger partial charge in [0.2, 0.25) is 0 Å². The number of nitrogens with one attached hydrogen (secondary N) is 1. The van der Waals surface area contributed by atoms with Crippen molar-refractivity contribution >= 4 is 44.7 Å². The second kappa shape index (κ2) is 7.68. The number of para-hydroxylation sites is 2. The smallest absolute Gasteiger partial charge is 0.286 e. The first kappa shape index (κ1) is 19.7. The van der Waals surface area contributed by atoms with Crippen LogP contribution in [0.25, 0.3) is 0 Å². The number of benzene rings is 2. The molecular formula is C20H20ClN3O4S. The van der Waals surface area contributed by atoms with Crippen molar-refractivity contribution < 1.29 is 17.9 Å². The van der Waals surface area contributed by atoms with Crippen LogP contribution in [0.1, 0.15) is 36.0 Å². The molecule has 2 aromatic carbocycles. The third-order valence-electron chi connectivity index (χ3n) is 5.04. The number of nitrogens with zero attached hydrogens (tertiary/aromatic N) is 2. The Labute approximate surface area is 174 Å². The predicted molar refractivity (Wildman–Crippen MR) is 113 cm³/mol. The summed E-state index contributed by atoms with van der Waals surface area (Å²) in [6.45, 7) is 0.671. The molecule has 2 aromatic rings. The van der Waals surface area contributed by atoms with E-state index >= 15 is 0 Å². The molecule has 0 spiro atoms. The monoisotopic (exact) mass is 433 g/mol. The summed E-state index contributed by atoms with van der Waals surface area (Å²) in [7, 11) is -2.40. The average molecular weight is 434 g/mol. The standard InChI is InChI=1S/C20H20ClN3O4S/c1-28-17-8-5-4-7-15(17)22-20(25)13-11-18-16(12-14(13)21)24-10-6-2-3-9-19(24)23-29(18,26)27/h4-5,7-8,11-12H,2-3,6,9-10H2,1H3,(H,22,25). The zero-order valence-electron chi connectivity index (χ0n) is 15.8. The van der Waals surface area contributed by atoms with Crippen molar-refractivity contribution in [3.63, 3.8) is 0 Å². The molecule has 7 nitrogen and oxygen atoms in total. The first-order valence-electron chi connectivity index (χ1n) is 9.30. The Morgan fingerprint density at radius 3 is 2.79 bits per heavy atom. The lowest BCUT2D eigenvalue weighted by molar-refractivity contribution is 0.102. The molecule has 2 heterocycles. The van der Waals surface area contributed by atoms with Crippen molar-refractivity contribution in [2.24, 2.45) is 4.40 Å². The fraction of sp³-hybridized carbons (Fsp3) is 0.300. The van der Waals surface area contributed by atoms with Crippen molar-refractivity contribution in [3.05, 3.63) is 47.0 Å². The Kier molecular flexibility index (Phi) is 5.23. The normalized spacial score (nSPS) is 17.4. The lowest BCUT2D eigenvalue weighted by Crippen LogP contribution is -2.35. The van der Waals surface area contributed by atoms with Crippen LogP contribution in [0.3, 0.4) is 0 Å². The average Bonchev–Trinajstić information content (AvgIpc) is 2.92. The number of amidine groups is 1. The zero-order chi connectivity index (χ0) is 20.6. The summed E-state index contributed by atoms with van der Waals surface area (Å²) in [5.74, 6) is 0.502. The second-order valence-electron chi connectivity index (χ2n) is 6.90. The van der Waals surface area contributed by atoms with Crippen molar-refractivity contribution in [1.82, 2.24) is 0 Å². The Hall–Kier alpha value is -2.58. The lowest BCUT2D eigenvalue weighted by Gasteiger charge is -2.30. The second-order valence-corrected chi connectivity index (χ2v) is 8.88. The van der Waals surface area contributed by atoms with E-state index in [1.54, 1.807) is 30.3 Å². The van der Waals surface area contributed by atoms with Crippen molar-refractivity contribution in [2.75, 3.05) is 23.9 Å². The topological polar surface area (TPSA) is 88.1 Å². The fourth-order valence-electron chi connectivity index (χ4n) is 3.61. The number of methoxy groups -OCH3 is 1. The van der Waals surface area contributed by atoms with E-state index in [1.165, 1.54) is 13.2 Å². The molecule has 0 atom stereocenters. The molecule has 0 unspecified atom stereocenters.